The number of aromatic nitrogens is 2. The minimum Gasteiger partial charge on any atom is -0.490 e. The summed E-state index contributed by atoms with van der Waals surface area (Å²) in [6, 6.07) is 9.62. The van der Waals surface area contributed by atoms with Gasteiger partial charge in [0.15, 0.2) is 0 Å². The molecule has 1 aromatic carbocycles. The highest BCUT2D eigenvalue weighted by Crippen LogP contribution is 2.27. The van der Waals surface area contributed by atoms with Crippen LogP contribution in [-0.4, -0.2) is 73.3 Å². The van der Waals surface area contributed by atoms with Crippen LogP contribution in [-0.2, 0) is 9.53 Å². The van der Waals surface area contributed by atoms with Gasteiger partial charge in [0.05, 0.1) is 24.8 Å². The summed E-state index contributed by atoms with van der Waals surface area (Å²) >= 11 is 0. The lowest BCUT2D eigenvalue weighted by molar-refractivity contribution is -0.120. The number of nitrogens with zero attached hydrogens (tertiary/aromatic N) is 4. The molecule has 2 aromatic rings. The Bertz CT molecular complexity index is 896. The summed E-state index contributed by atoms with van der Waals surface area (Å²) in [5, 5.41) is 3.10. The van der Waals surface area contributed by atoms with Crippen LogP contribution in [0.1, 0.15) is 24.2 Å². The molecular weight excluding hydrogens is 406 g/mol. The summed E-state index contributed by atoms with van der Waals surface area (Å²) in [4.78, 5) is 26.7. The first-order valence-electron chi connectivity index (χ1n) is 11.5. The number of amides is 1. The van der Waals surface area contributed by atoms with Crippen LogP contribution in [0.15, 0.2) is 30.3 Å². The second-order valence-electron chi connectivity index (χ2n) is 8.52. The fourth-order valence-electron chi connectivity index (χ4n) is 4.26. The van der Waals surface area contributed by atoms with E-state index in [-0.39, 0.29) is 11.8 Å². The standard InChI is InChI=1S/C24H33N5O3/c1-18-16-19(2)26-24(25-18)29-9-5-6-20(17-29)23(30)27-21-7-3-4-8-22(21)32-15-12-28-10-13-31-14-11-28/h3-4,7-8,16,20H,5-6,9-15,17H2,1-2H3,(H,27,30). The molecule has 0 saturated carbocycles. The maximum Gasteiger partial charge on any atom is 0.229 e. The van der Waals surface area contributed by atoms with Crippen molar-refractivity contribution in [2.24, 2.45) is 5.92 Å². The molecule has 0 aliphatic carbocycles. The summed E-state index contributed by atoms with van der Waals surface area (Å²) in [5.74, 6) is 1.32. The molecule has 4 rings (SSSR count). The number of rotatable bonds is 7. The Balaban J connectivity index is 1.35. The van der Waals surface area contributed by atoms with Crippen molar-refractivity contribution >= 4 is 17.5 Å². The number of para-hydroxylation sites is 2. The van der Waals surface area contributed by atoms with Gasteiger partial charge in [-0.25, -0.2) is 9.97 Å². The van der Waals surface area contributed by atoms with Crippen molar-refractivity contribution in [3.63, 3.8) is 0 Å². The maximum absolute atomic E-state index is 13.1. The van der Waals surface area contributed by atoms with Gasteiger partial charge in [-0.3, -0.25) is 9.69 Å². The Morgan fingerprint density at radius 2 is 1.91 bits per heavy atom. The van der Waals surface area contributed by atoms with Crippen molar-refractivity contribution in [2.75, 3.05) is 62.8 Å². The molecular formula is C24H33N5O3. The van der Waals surface area contributed by atoms with Gasteiger partial charge >= 0.3 is 0 Å². The van der Waals surface area contributed by atoms with E-state index in [2.05, 4.69) is 25.1 Å². The predicted molar refractivity (Wildman–Crippen MR) is 124 cm³/mol. The van der Waals surface area contributed by atoms with E-state index in [1.165, 1.54) is 0 Å². The van der Waals surface area contributed by atoms with Crippen LogP contribution in [0, 0.1) is 19.8 Å². The fraction of sp³-hybridized carbons (Fsp3) is 0.542. The van der Waals surface area contributed by atoms with Crippen LogP contribution >= 0.6 is 0 Å². The molecule has 2 saturated heterocycles. The first kappa shape index (κ1) is 22.5. The highest BCUT2D eigenvalue weighted by Gasteiger charge is 2.28. The third-order valence-electron chi connectivity index (χ3n) is 5.96. The second kappa shape index (κ2) is 10.7. The predicted octanol–water partition coefficient (Wildman–Crippen LogP) is 2.66. The van der Waals surface area contributed by atoms with Crippen LogP contribution < -0.4 is 15.0 Å². The van der Waals surface area contributed by atoms with E-state index in [4.69, 9.17) is 9.47 Å². The number of hydrogen-bond donors (Lipinski definition) is 1. The van der Waals surface area contributed by atoms with E-state index >= 15 is 0 Å². The van der Waals surface area contributed by atoms with Crippen molar-refractivity contribution in [3.8, 4) is 5.75 Å². The second-order valence-corrected chi connectivity index (χ2v) is 8.52. The smallest absolute Gasteiger partial charge is 0.229 e. The number of nitrogens with one attached hydrogen (secondary N) is 1. The topological polar surface area (TPSA) is 79.8 Å². The number of ether oxygens (including phenoxy) is 2. The summed E-state index contributed by atoms with van der Waals surface area (Å²) in [5.41, 5.74) is 2.61. The largest absolute Gasteiger partial charge is 0.490 e. The van der Waals surface area contributed by atoms with Crippen LogP contribution in [0.4, 0.5) is 11.6 Å². The zero-order valence-electron chi connectivity index (χ0n) is 19.0. The van der Waals surface area contributed by atoms with Crippen molar-refractivity contribution < 1.29 is 14.3 Å². The molecule has 1 atom stereocenters. The van der Waals surface area contributed by atoms with Crippen molar-refractivity contribution in [2.45, 2.75) is 26.7 Å². The Kier molecular flexibility index (Phi) is 7.55. The minimum absolute atomic E-state index is 0.0169. The normalized spacial score (nSPS) is 19.6. The first-order valence-corrected chi connectivity index (χ1v) is 11.5. The summed E-state index contributed by atoms with van der Waals surface area (Å²) < 4.78 is 11.4. The number of aryl methyl sites for hydroxylation is 2. The molecule has 2 aliphatic rings. The number of hydrogen-bond acceptors (Lipinski definition) is 7. The third-order valence-corrected chi connectivity index (χ3v) is 5.96. The zero-order valence-corrected chi connectivity index (χ0v) is 19.0. The highest BCUT2D eigenvalue weighted by molar-refractivity contribution is 5.94. The van der Waals surface area contributed by atoms with E-state index in [1.54, 1.807) is 0 Å². The maximum atomic E-state index is 13.1. The lowest BCUT2D eigenvalue weighted by Gasteiger charge is -2.32. The quantitative estimate of drug-likeness (QED) is 0.710. The Morgan fingerprint density at radius 3 is 2.69 bits per heavy atom. The molecule has 8 heteroatoms. The molecule has 172 valence electrons. The van der Waals surface area contributed by atoms with Crippen LogP contribution in [0.2, 0.25) is 0 Å². The molecule has 0 spiro atoms. The summed E-state index contributed by atoms with van der Waals surface area (Å²) in [6.45, 7) is 10.3. The van der Waals surface area contributed by atoms with Gasteiger partial charge < -0.3 is 19.7 Å². The van der Waals surface area contributed by atoms with Crippen molar-refractivity contribution in [1.82, 2.24) is 14.9 Å². The monoisotopic (exact) mass is 439 g/mol. The molecule has 8 nitrogen and oxygen atoms in total. The molecule has 1 amide bonds. The van der Waals surface area contributed by atoms with Crippen LogP contribution in [0.3, 0.4) is 0 Å². The number of piperidine rings is 1. The van der Waals surface area contributed by atoms with Crippen LogP contribution in [0.25, 0.3) is 0 Å². The molecule has 3 heterocycles. The molecule has 1 aromatic heterocycles. The van der Waals surface area contributed by atoms with Gasteiger partial charge in [0.25, 0.3) is 0 Å². The number of carbonyl (C=O) groups excluding carboxylic acids is 1. The van der Waals surface area contributed by atoms with Gasteiger partial charge in [-0.2, -0.15) is 0 Å². The molecule has 1 N–H and O–H groups in total. The van der Waals surface area contributed by atoms with Gasteiger partial charge in [-0.05, 0) is 44.9 Å². The Labute approximate surface area is 189 Å². The average Bonchev–Trinajstić information content (AvgIpc) is 2.80. The van der Waals surface area contributed by atoms with E-state index in [0.29, 0.717) is 24.8 Å². The zero-order chi connectivity index (χ0) is 22.3. The van der Waals surface area contributed by atoms with Gasteiger partial charge in [0.2, 0.25) is 11.9 Å². The molecule has 0 bridgehead atoms. The van der Waals surface area contributed by atoms with Crippen molar-refractivity contribution in [3.05, 3.63) is 41.7 Å². The van der Waals surface area contributed by atoms with E-state index < -0.39 is 0 Å². The van der Waals surface area contributed by atoms with E-state index in [9.17, 15) is 4.79 Å². The molecule has 0 radical (unpaired) electrons. The van der Waals surface area contributed by atoms with Gasteiger partial charge in [-0.15, -0.1) is 0 Å². The van der Waals surface area contributed by atoms with E-state index in [1.807, 2.05) is 44.2 Å². The lowest BCUT2D eigenvalue weighted by atomic mass is 9.97. The summed E-state index contributed by atoms with van der Waals surface area (Å²) in [6.07, 6.45) is 1.79. The van der Waals surface area contributed by atoms with Gasteiger partial charge in [0.1, 0.15) is 12.4 Å². The molecule has 32 heavy (non-hydrogen) atoms. The SMILES string of the molecule is Cc1cc(C)nc(N2CCCC(C(=O)Nc3ccccc3OCCN3CCOCC3)C2)n1. The minimum atomic E-state index is -0.116. The number of morpholine rings is 1. The lowest BCUT2D eigenvalue weighted by Crippen LogP contribution is -2.41. The Hall–Kier alpha value is -2.71. The van der Waals surface area contributed by atoms with Crippen molar-refractivity contribution in [1.29, 1.82) is 0 Å². The van der Waals surface area contributed by atoms with Crippen LogP contribution in [0.5, 0.6) is 5.75 Å². The highest BCUT2D eigenvalue weighted by atomic mass is 16.5. The average molecular weight is 440 g/mol. The molecule has 2 fully saturated rings. The first-order chi connectivity index (χ1) is 15.6. The fourth-order valence-corrected chi connectivity index (χ4v) is 4.26. The Morgan fingerprint density at radius 1 is 1.16 bits per heavy atom. The van der Waals surface area contributed by atoms with E-state index in [0.717, 1.165) is 69.3 Å². The summed E-state index contributed by atoms with van der Waals surface area (Å²) in [7, 11) is 0. The van der Waals surface area contributed by atoms with Gasteiger partial charge in [-0.1, -0.05) is 12.1 Å². The third kappa shape index (κ3) is 5.95. The molecule has 2 aliphatic heterocycles. The number of anilines is 2. The van der Waals surface area contributed by atoms with Gasteiger partial charge in [0, 0.05) is 44.1 Å². The molecule has 1 unspecified atom stereocenters. The number of carbonyl (C=O) groups is 1. The number of benzene rings is 1.